The van der Waals surface area contributed by atoms with Crippen molar-refractivity contribution in [2.45, 2.75) is 12.8 Å². The minimum Gasteiger partial charge on any atom is -0.503 e. The van der Waals surface area contributed by atoms with Crippen LogP contribution in [0, 0.1) is 11.6 Å². The first-order valence-electron chi connectivity index (χ1n) is 7.35. The van der Waals surface area contributed by atoms with E-state index in [4.69, 9.17) is 11.6 Å². The number of nitrogen functional groups attached to an aromatic ring is 1. The summed E-state index contributed by atoms with van der Waals surface area (Å²) in [6, 6.07) is 8.07. The van der Waals surface area contributed by atoms with Gasteiger partial charge in [-0.2, -0.15) is 0 Å². The van der Waals surface area contributed by atoms with E-state index in [0.717, 1.165) is 29.9 Å². The molecule has 1 heterocycles. The quantitative estimate of drug-likeness (QED) is 0.351. The number of benzene rings is 2. The number of phenolic OH excluding ortho intramolecular Hbond substituents is 1. The number of hydrogen-bond donors (Lipinski definition) is 3. The first-order valence-corrected chi connectivity index (χ1v) is 7.35. The summed E-state index contributed by atoms with van der Waals surface area (Å²) in [6.07, 6.45) is 2.34. The van der Waals surface area contributed by atoms with Crippen LogP contribution in [0.3, 0.4) is 0 Å². The van der Waals surface area contributed by atoms with E-state index in [1.807, 2.05) is 12.1 Å². The van der Waals surface area contributed by atoms with Gasteiger partial charge >= 0.3 is 0 Å². The fourth-order valence-corrected chi connectivity index (χ4v) is 2.79. The molecule has 7 heteroatoms. The zero-order chi connectivity index (χ0) is 16.6. The van der Waals surface area contributed by atoms with Gasteiger partial charge in [0.2, 0.25) is 0 Å². The molecule has 0 saturated carbocycles. The third-order valence-corrected chi connectivity index (χ3v) is 4.04. The van der Waals surface area contributed by atoms with E-state index in [9.17, 15) is 13.9 Å². The number of aromatic hydroxyl groups is 1. The number of hydrazine groups is 1. The lowest BCUT2D eigenvalue weighted by molar-refractivity contribution is 0.397. The summed E-state index contributed by atoms with van der Waals surface area (Å²) in [5.41, 5.74) is 6.72. The highest BCUT2D eigenvalue weighted by Crippen LogP contribution is 2.37. The van der Waals surface area contributed by atoms with Crippen molar-refractivity contribution in [2.24, 2.45) is 5.84 Å². The predicted molar refractivity (Wildman–Crippen MR) is 86.7 cm³/mol. The van der Waals surface area contributed by atoms with Crippen LogP contribution in [-0.4, -0.2) is 18.2 Å². The van der Waals surface area contributed by atoms with Crippen LogP contribution in [0.1, 0.15) is 12.8 Å². The van der Waals surface area contributed by atoms with Crippen molar-refractivity contribution in [3.05, 3.63) is 42.0 Å². The van der Waals surface area contributed by atoms with Crippen molar-refractivity contribution in [3.8, 4) is 5.75 Å². The Morgan fingerprint density at radius 1 is 1.09 bits per heavy atom. The average molecular weight is 320 g/mol. The molecular weight excluding hydrogens is 302 g/mol. The van der Waals surface area contributed by atoms with Crippen LogP contribution < -0.4 is 21.5 Å². The topological polar surface area (TPSA) is 78.8 Å². The highest BCUT2D eigenvalue weighted by atomic mass is 19.1. The van der Waals surface area contributed by atoms with Gasteiger partial charge in [0.15, 0.2) is 17.4 Å². The summed E-state index contributed by atoms with van der Waals surface area (Å²) < 4.78 is 27.4. The van der Waals surface area contributed by atoms with E-state index in [1.165, 1.54) is 12.8 Å². The standard InChI is InChI=1S/C16H18F2N4O/c17-12-9-13(19)15(14(18)16(12)23)22(20)11-5-3-10(4-6-11)21-7-1-2-8-21/h3-6,9,23H,1-2,7-8,19-20H2. The molecule has 2 aromatic carbocycles. The second kappa shape index (κ2) is 5.92. The Morgan fingerprint density at radius 2 is 1.70 bits per heavy atom. The maximum Gasteiger partial charge on any atom is 0.195 e. The lowest BCUT2D eigenvalue weighted by Gasteiger charge is -2.23. The molecule has 0 bridgehead atoms. The van der Waals surface area contributed by atoms with E-state index in [-0.39, 0.29) is 11.4 Å². The first kappa shape index (κ1) is 15.4. The molecule has 0 amide bonds. The van der Waals surface area contributed by atoms with Gasteiger partial charge < -0.3 is 15.7 Å². The van der Waals surface area contributed by atoms with Gasteiger partial charge in [-0.05, 0) is 37.1 Å². The van der Waals surface area contributed by atoms with Gasteiger partial charge in [0.25, 0.3) is 0 Å². The molecule has 0 spiro atoms. The van der Waals surface area contributed by atoms with Crippen molar-refractivity contribution >= 4 is 22.7 Å². The fourth-order valence-electron chi connectivity index (χ4n) is 2.79. The Hall–Kier alpha value is -2.54. The second-order valence-electron chi connectivity index (χ2n) is 5.54. The molecule has 5 nitrogen and oxygen atoms in total. The first-order chi connectivity index (χ1) is 11.0. The number of nitrogens with two attached hydrogens (primary N) is 2. The molecule has 0 atom stereocenters. The maximum atomic E-state index is 14.1. The van der Waals surface area contributed by atoms with Crippen molar-refractivity contribution in [2.75, 3.05) is 28.7 Å². The van der Waals surface area contributed by atoms with Crippen LogP contribution >= 0.6 is 0 Å². The lowest BCUT2D eigenvalue weighted by Crippen LogP contribution is -2.27. The van der Waals surface area contributed by atoms with Crippen LogP contribution in [0.15, 0.2) is 30.3 Å². The van der Waals surface area contributed by atoms with Crippen molar-refractivity contribution in [1.29, 1.82) is 0 Å². The number of phenols is 1. The Labute approximate surface area is 132 Å². The molecule has 0 aromatic heterocycles. The number of anilines is 4. The Bertz CT molecular complexity index is 715. The smallest absolute Gasteiger partial charge is 0.195 e. The molecule has 1 aliphatic heterocycles. The summed E-state index contributed by atoms with van der Waals surface area (Å²) >= 11 is 0. The molecule has 0 radical (unpaired) electrons. The van der Waals surface area contributed by atoms with E-state index in [0.29, 0.717) is 5.69 Å². The molecule has 1 aliphatic rings. The van der Waals surface area contributed by atoms with E-state index in [1.54, 1.807) is 12.1 Å². The van der Waals surface area contributed by atoms with Gasteiger partial charge in [-0.3, -0.25) is 5.01 Å². The van der Waals surface area contributed by atoms with Crippen molar-refractivity contribution in [1.82, 2.24) is 0 Å². The molecule has 5 N–H and O–H groups in total. The van der Waals surface area contributed by atoms with Crippen molar-refractivity contribution in [3.63, 3.8) is 0 Å². The van der Waals surface area contributed by atoms with Crippen LogP contribution in [0.25, 0.3) is 0 Å². The molecule has 1 fully saturated rings. The average Bonchev–Trinajstić information content (AvgIpc) is 3.07. The largest absolute Gasteiger partial charge is 0.503 e. The van der Waals surface area contributed by atoms with Crippen molar-refractivity contribution < 1.29 is 13.9 Å². The van der Waals surface area contributed by atoms with Gasteiger partial charge in [-0.1, -0.05) is 0 Å². The molecular formula is C16H18F2N4O. The molecule has 1 saturated heterocycles. The normalized spacial score (nSPS) is 14.3. The highest BCUT2D eigenvalue weighted by molar-refractivity contribution is 5.76. The molecule has 3 rings (SSSR count). The van der Waals surface area contributed by atoms with E-state index in [2.05, 4.69) is 4.90 Å². The van der Waals surface area contributed by atoms with Crippen LogP contribution in [0.5, 0.6) is 5.75 Å². The van der Waals surface area contributed by atoms with Crippen LogP contribution in [-0.2, 0) is 0 Å². The lowest BCUT2D eigenvalue weighted by atomic mass is 10.2. The second-order valence-corrected chi connectivity index (χ2v) is 5.54. The molecule has 2 aromatic rings. The highest BCUT2D eigenvalue weighted by Gasteiger charge is 2.21. The summed E-state index contributed by atoms with van der Waals surface area (Å²) in [5, 5.41) is 10.4. The third-order valence-electron chi connectivity index (χ3n) is 4.04. The van der Waals surface area contributed by atoms with Crippen LogP contribution in [0.2, 0.25) is 0 Å². The molecule has 0 aliphatic carbocycles. The van der Waals surface area contributed by atoms with Gasteiger partial charge in [0.1, 0.15) is 5.69 Å². The van der Waals surface area contributed by atoms with Gasteiger partial charge in [0, 0.05) is 24.8 Å². The van der Waals surface area contributed by atoms with Gasteiger partial charge in [0.05, 0.1) is 11.4 Å². The number of hydrogen-bond acceptors (Lipinski definition) is 5. The van der Waals surface area contributed by atoms with Gasteiger partial charge in [-0.25, -0.2) is 14.6 Å². The number of rotatable bonds is 3. The minimum atomic E-state index is -1.19. The minimum absolute atomic E-state index is 0.191. The maximum absolute atomic E-state index is 14.1. The summed E-state index contributed by atoms with van der Waals surface area (Å²) in [6.45, 7) is 2.03. The zero-order valence-electron chi connectivity index (χ0n) is 12.5. The third kappa shape index (κ3) is 2.75. The van der Waals surface area contributed by atoms with Crippen LogP contribution in [0.4, 0.5) is 31.5 Å². The summed E-state index contributed by atoms with van der Waals surface area (Å²) in [5.74, 6) is 2.50. The Balaban J connectivity index is 1.91. The number of halogens is 2. The molecule has 122 valence electrons. The Morgan fingerprint density at radius 3 is 2.30 bits per heavy atom. The van der Waals surface area contributed by atoms with Gasteiger partial charge in [-0.15, -0.1) is 0 Å². The van der Waals surface area contributed by atoms with E-state index >= 15 is 0 Å². The monoisotopic (exact) mass is 320 g/mol. The predicted octanol–water partition coefficient (Wildman–Crippen LogP) is 2.86. The molecule has 0 unspecified atom stereocenters. The number of nitrogens with zero attached hydrogens (tertiary/aromatic N) is 2. The van der Waals surface area contributed by atoms with E-state index < -0.39 is 17.4 Å². The molecule has 23 heavy (non-hydrogen) atoms. The Kier molecular flexibility index (Phi) is 3.96. The summed E-state index contributed by atoms with van der Waals surface area (Å²) in [4.78, 5) is 2.25. The SMILES string of the molecule is Nc1cc(F)c(O)c(F)c1N(N)c1ccc(N2CCCC2)cc1. The zero-order valence-corrected chi connectivity index (χ0v) is 12.5. The fraction of sp³-hybridized carbons (Fsp3) is 0.250. The summed E-state index contributed by atoms with van der Waals surface area (Å²) in [7, 11) is 0.